The molecule has 0 bridgehead atoms. The highest BCUT2D eigenvalue weighted by Gasteiger charge is 2.20. The van der Waals surface area contributed by atoms with E-state index in [0.29, 0.717) is 29.5 Å². The van der Waals surface area contributed by atoms with Crippen LogP contribution in [0, 0.1) is 11.7 Å². The molecule has 21 heavy (non-hydrogen) atoms. The molecule has 1 aliphatic carbocycles. The Morgan fingerprint density at radius 1 is 1.43 bits per heavy atom. The molecule has 1 aromatic carbocycles. The second-order valence-corrected chi connectivity index (χ2v) is 5.22. The van der Waals surface area contributed by atoms with Gasteiger partial charge in [-0.05, 0) is 43.0 Å². The molecule has 0 atom stereocenters. The van der Waals surface area contributed by atoms with Crippen LogP contribution in [0.3, 0.4) is 0 Å². The zero-order chi connectivity index (χ0) is 14.8. The molecule has 1 aliphatic rings. The van der Waals surface area contributed by atoms with Crippen molar-refractivity contribution in [3.8, 4) is 17.0 Å². The van der Waals surface area contributed by atoms with E-state index in [1.165, 1.54) is 24.6 Å². The summed E-state index contributed by atoms with van der Waals surface area (Å²) < 4.78 is 19.2. The summed E-state index contributed by atoms with van der Waals surface area (Å²) in [4.78, 5) is 10.9. The van der Waals surface area contributed by atoms with E-state index in [-0.39, 0.29) is 5.69 Å². The summed E-state index contributed by atoms with van der Waals surface area (Å²) in [6.45, 7) is 0.592. The highest BCUT2D eigenvalue weighted by Crippen LogP contribution is 2.32. The molecule has 0 amide bonds. The minimum atomic E-state index is -1.11. The van der Waals surface area contributed by atoms with E-state index in [0.717, 1.165) is 12.8 Å². The van der Waals surface area contributed by atoms with Crippen molar-refractivity contribution in [1.29, 1.82) is 0 Å². The molecule has 5 nitrogen and oxygen atoms in total. The molecule has 0 unspecified atom stereocenters. The predicted molar refractivity (Wildman–Crippen MR) is 73.8 cm³/mol. The number of carboxylic acids is 1. The quantitative estimate of drug-likeness (QED) is 0.887. The fourth-order valence-electron chi connectivity index (χ4n) is 2.26. The number of hydrogen-bond acceptors (Lipinski definition) is 3. The Labute approximate surface area is 120 Å². The lowest BCUT2D eigenvalue weighted by molar-refractivity contribution is 0.0690. The van der Waals surface area contributed by atoms with Gasteiger partial charge < -0.3 is 9.84 Å². The van der Waals surface area contributed by atoms with E-state index >= 15 is 0 Å². The number of H-pyrrole nitrogens is 1. The van der Waals surface area contributed by atoms with E-state index in [4.69, 9.17) is 9.84 Å². The van der Waals surface area contributed by atoms with E-state index in [2.05, 4.69) is 10.2 Å². The van der Waals surface area contributed by atoms with Crippen LogP contribution in [-0.4, -0.2) is 27.9 Å². The number of nitrogens with one attached hydrogen (secondary N) is 1. The van der Waals surface area contributed by atoms with Crippen LogP contribution < -0.4 is 4.74 Å². The fraction of sp³-hybridized carbons (Fsp3) is 0.333. The molecule has 3 rings (SSSR count). The number of carbonyl (C=O) groups is 1. The summed E-state index contributed by atoms with van der Waals surface area (Å²) in [6, 6.07) is 5.55. The van der Waals surface area contributed by atoms with Crippen molar-refractivity contribution in [2.75, 3.05) is 6.61 Å². The van der Waals surface area contributed by atoms with Gasteiger partial charge in [-0.15, -0.1) is 0 Å². The molecular weight excluding hydrogens is 275 g/mol. The van der Waals surface area contributed by atoms with Crippen LogP contribution in [0.25, 0.3) is 11.3 Å². The summed E-state index contributed by atoms with van der Waals surface area (Å²) in [7, 11) is 0. The van der Waals surface area contributed by atoms with Gasteiger partial charge in [-0.3, -0.25) is 5.10 Å². The number of ether oxygens (including phenoxy) is 1. The van der Waals surface area contributed by atoms with Crippen molar-refractivity contribution in [3.63, 3.8) is 0 Å². The molecule has 2 N–H and O–H groups in total. The number of halogens is 1. The number of hydrogen-bond donors (Lipinski definition) is 2. The predicted octanol–water partition coefficient (Wildman–Crippen LogP) is 3.09. The Kier molecular flexibility index (Phi) is 3.60. The molecule has 0 saturated heterocycles. The summed E-state index contributed by atoms with van der Waals surface area (Å²) in [6.07, 6.45) is 3.54. The first-order valence-corrected chi connectivity index (χ1v) is 6.85. The molecule has 110 valence electrons. The molecule has 0 radical (unpaired) electrons. The first kappa shape index (κ1) is 13.6. The zero-order valence-corrected chi connectivity index (χ0v) is 11.3. The monoisotopic (exact) mass is 290 g/mol. The van der Waals surface area contributed by atoms with E-state index in [1.807, 2.05) is 0 Å². The molecule has 2 aromatic rings. The molecule has 1 aromatic heterocycles. The Morgan fingerprint density at radius 2 is 2.24 bits per heavy atom. The van der Waals surface area contributed by atoms with Crippen LogP contribution in [0.4, 0.5) is 4.39 Å². The maximum Gasteiger partial charge on any atom is 0.353 e. The van der Waals surface area contributed by atoms with Crippen LogP contribution >= 0.6 is 0 Å². The first-order chi connectivity index (χ1) is 10.1. The van der Waals surface area contributed by atoms with Crippen LogP contribution in [0.1, 0.15) is 29.8 Å². The third kappa shape index (κ3) is 2.89. The van der Waals surface area contributed by atoms with E-state index in [9.17, 15) is 9.18 Å². The van der Waals surface area contributed by atoms with Gasteiger partial charge in [0.05, 0.1) is 12.3 Å². The SMILES string of the molecule is O=C(O)c1cc(-c2cc(F)ccc2OCC2CCC2)n[nH]1. The second-order valence-electron chi connectivity index (χ2n) is 5.22. The Bertz CT molecular complexity index is 665. The van der Waals surface area contributed by atoms with E-state index < -0.39 is 11.8 Å². The fourth-order valence-corrected chi connectivity index (χ4v) is 2.26. The van der Waals surface area contributed by atoms with E-state index in [1.54, 1.807) is 6.07 Å². The summed E-state index contributed by atoms with van der Waals surface area (Å²) in [5.41, 5.74) is 0.771. The number of aromatic carboxylic acids is 1. The Morgan fingerprint density at radius 3 is 2.86 bits per heavy atom. The normalized spacial score (nSPS) is 14.7. The zero-order valence-electron chi connectivity index (χ0n) is 11.3. The van der Waals surface area contributed by atoms with Gasteiger partial charge in [-0.1, -0.05) is 6.42 Å². The Hall–Kier alpha value is -2.37. The first-order valence-electron chi connectivity index (χ1n) is 6.85. The topological polar surface area (TPSA) is 75.2 Å². The lowest BCUT2D eigenvalue weighted by atomic mass is 9.86. The third-order valence-corrected chi connectivity index (χ3v) is 3.73. The number of benzene rings is 1. The van der Waals surface area contributed by atoms with Gasteiger partial charge in [0.25, 0.3) is 0 Å². The number of aromatic nitrogens is 2. The van der Waals surface area contributed by atoms with Crippen molar-refractivity contribution in [2.24, 2.45) is 5.92 Å². The summed E-state index contributed by atoms with van der Waals surface area (Å²) >= 11 is 0. The van der Waals surface area contributed by atoms with Crippen LogP contribution in [0.15, 0.2) is 24.3 Å². The molecule has 1 fully saturated rings. The van der Waals surface area contributed by atoms with Gasteiger partial charge in [-0.25, -0.2) is 9.18 Å². The van der Waals surface area contributed by atoms with Crippen molar-refractivity contribution >= 4 is 5.97 Å². The highest BCUT2D eigenvalue weighted by molar-refractivity contribution is 5.87. The minimum Gasteiger partial charge on any atom is -0.493 e. The minimum absolute atomic E-state index is 0.0424. The second kappa shape index (κ2) is 5.55. The molecular formula is C15H15FN2O3. The van der Waals surface area contributed by atoms with Crippen molar-refractivity contribution < 1.29 is 19.0 Å². The number of nitrogens with zero attached hydrogens (tertiary/aromatic N) is 1. The van der Waals surface area contributed by atoms with Gasteiger partial charge in [0.1, 0.15) is 17.3 Å². The van der Waals surface area contributed by atoms with Crippen LogP contribution in [-0.2, 0) is 0 Å². The number of rotatable bonds is 5. The van der Waals surface area contributed by atoms with Crippen molar-refractivity contribution in [1.82, 2.24) is 10.2 Å². The average Bonchev–Trinajstić information content (AvgIpc) is 2.88. The molecule has 0 spiro atoms. The largest absolute Gasteiger partial charge is 0.493 e. The standard InChI is InChI=1S/C15H15FN2O3/c16-10-4-5-14(21-8-9-2-1-3-9)11(6-10)12-7-13(15(19)20)18-17-12/h4-7,9H,1-3,8H2,(H,17,18)(H,19,20). The van der Waals surface area contributed by atoms with Crippen molar-refractivity contribution in [3.05, 3.63) is 35.8 Å². The molecule has 1 heterocycles. The van der Waals surface area contributed by atoms with Gasteiger partial charge in [0.2, 0.25) is 0 Å². The van der Waals surface area contributed by atoms with Crippen LogP contribution in [0.5, 0.6) is 5.75 Å². The molecule has 0 aliphatic heterocycles. The molecule has 1 saturated carbocycles. The third-order valence-electron chi connectivity index (χ3n) is 3.73. The van der Waals surface area contributed by atoms with Gasteiger partial charge >= 0.3 is 5.97 Å². The van der Waals surface area contributed by atoms with Crippen molar-refractivity contribution in [2.45, 2.75) is 19.3 Å². The smallest absolute Gasteiger partial charge is 0.353 e. The summed E-state index contributed by atoms with van der Waals surface area (Å²) in [5.74, 6) is -0.452. The number of aromatic amines is 1. The van der Waals surface area contributed by atoms with Gasteiger partial charge in [-0.2, -0.15) is 5.10 Å². The highest BCUT2D eigenvalue weighted by atomic mass is 19.1. The molecule has 6 heteroatoms. The average molecular weight is 290 g/mol. The maximum atomic E-state index is 13.5. The van der Waals surface area contributed by atoms with Gasteiger partial charge in [0.15, 0.2) is 0 Å². The van der Waals surface area contributed by atoms with Crippen LogP contribution in [0.2, 0.25) is 0 Å². The van der Waals surface area contributed by atoms with Gasteiger partial charge in [0, 0.05) is 5.56 Å². The lowest BCUT2D eigenvalue weighted by Gasteiger charge is -2.25. The number of carboxylic acid groups (broad SMARTS) is 1. The Balaban J connectivity index is 1.87. The maximum absolute atomic E-state index is 13.5. The summed E-state index contributed by atoms with van der Waals surface area (Å²) in [5, 5.41) is 15.2. The lowest BCUT2D eigenvalue weighted by Crippen LogP contribution is -2.19.